The number of hydrogen-bond donors (Lipinski definition) is 1. The molecule has 0 radical (unpaired) electrons. The Hall–Kier alpha value is -1.75. The minimum atomic E-state index is 0.252. The molecule has 5 nitrogen and oxygen atoms in total. The van der Waals surface area contributed by atoms with Gasteiger partial charge in [0.2, 0.25) is 0 Å². The fraction of sp³-hybridized carbons (Fsp3) is 0.650. The largest absolute Gasteiger partial charge is 0.497 e. The number of methoxy groups -OCH3 is 1. The van der Waals surface area contributed by atoms with Crippen molar-refractivity contribution in [3.8, 4) is 5.75 Å². The fourth-order valence-corrected chi connectivity index (χ4v) is 3.37. The van der Waals surface area contributed by atoms with Gasteiger partial charge >= 0.3 is 0 Å². The van der Waals surface area contributed by atoms with Crippen LogP contribution in [0.5, 0.6) is 5.75 Å². The Morgan fingerprint density at radius 1 is 1.36 bits per heavy atom. The highest BCUT2D eigenvalue weighted by Gasteiger charge is 2.20. The van der Waals surface area contributed by atoms with E-state index >= 15 is 0 Å². The number of likely N-dealkylation sites (N-methyl/N-ethyl adjacent to an activating group) is 1. The van der Waals surface area contributed by atoms with Crippen molar-refractivity contribution in [2.75, 3.05) is 47.4 Å². The van der Waals surface area contributed by atoms with Gasteiger partial charge in [-0.3, -0.25) is 4.99 Å². The maximum Gasteiger partial charge on any atom is 0.193 e. The van der Waals surface area contributed by atoms with E-state index in [4.69, 9.17) is 9.73 Å². The molecule has 0 bridgehead atoms. The van der Waals surface area contributed by atoms with Gasteiger partial charge < -0.3 is 19.9 Å². The normalized spacial score (nSPS) is 19.8. The Kier molecular flexibility index (Phi) is 7.56. The van der Waals surface area contributed by atoms with Crippen molar-refractivity contribution in [1.29, 1.82) is 0 Å². The van der Waals surface area contributed by atoms with Gasteiger partial charge in [-0.05, 0) is 57.5 Å². The van der Waals surface area contributed by atoms with E-state index in [0.717, 1.165) is 43.8 Å². The lowest BCUT2D eigenvalue weighted by Crippen LogP contribution is -2.46. The lowest BCUT2D eigenvalue weighted by Gasteiger charge is -2.34. The van der Waals surface area contributed by atoms with Crippen LogP contribution < -0.4 is 10.1 Å². The van der Waals surface area contributed by atoms with Crippen molar-refractivity contribution in [3.63, 3.8) is 0 Å². The Morgan fingerprint density at radius 3 is 2.64 bits per heavy atom. The second-order valence-corrected chi connectivity index (χ2v) is 7.14. The number of benzene rings is 1. The van der Waals surface area contributed by atoms with Gasteiger partial charge in [-0.15, -0.1) is 0 Å². The number of hydrogen-bond acceptors (Lipinski definition) is 3. The quantitative estimate of drug-likeness (QED) is 0.635. The average Bonchev–Trinajstić information content (AvgIpc) is 2.61. The molecule has 0 aliphatic carbocycles. The van der Waals surface area contributed by atoms with Crippen LogP contribution in [0.25, 0.3) is 0 Å². The van der Waals surface area contributed by atoms with Gasteiger partial charge in [-0.2, -0.15) is 0 Å². The Morgan fingerprint density at radius 2 is 2.08 bits per heavy atom. The van der Waals surface area contributed by atoms with Gasteiger partial charge in [0.15, 0.2) is 5.96 Å². The molecule has 25 heavy (non-hydrogen) atoms. The summed E-state index contributed by atoms with van der Waals surface area (Å²) in [7, 11) is 5.92. The second-order valence-electron chi connectivity index (χ2n) is 7.14. The van der Waals surface area contributed by atoms with Crippen molar-refractivity contribution in [2.45, 2.75) is 32.7 Å². The summed E-state index contributed by atoms with van der Waals surface area (Å²) in [5, 5.41) is 3.47. The molecule has 1 aromatic rings. The lowest BCUT2D eigenvalue weighted by atomic mass is 10.0. The van der Waals surface area contributed by atoms with Gasteiger partial charge in [0.05, 0.1) is 19.7 Å². The highest BCUT2D eigenvalue weighted by Crippen LogP contribution is 2.22. The minimum Gasteiger partial charge on any atom is -0.497 e. The molecule has 0 aromatic heterocycles. The van der Waals surface area contributed by atoms with Crippen LogP contribution in [0.15, 0.2) is 29.3 Å². The Labute approximate surface area is 153 Å². The smallest absolute Gasteiger partial charge is 0.193 e. The van der Waals surface area contributed by atoms with Crippen molar-refractivity contribution < 1.29 is 4.74 Å². The van der Waals surface area contributed by atoms with E-state index in [1.165, 1.54) is 18.4 Å². The summed E-state index contributed by atoms with van der Waals surface area (Å²) in [6.45, 7) is 8.31. The van der Waals surface area contributed by atoms with Gasteiger partial charge in [-0.25, -0.2) is 0 Å². The van der Waals surface area contributed by atoms with Crippen molar-refractivity contribution in [3.05, 3.63) is 29.8 Å². The molecular weight excluding hydrogens is 312 g/mol. The number of rotatable bonds is 6. The highest BCUT2D eigenvalue weighted by molar-refractivity contribution is 5.80. The first-order valence-corrected chi connectivity index (χ1v) is 9.38. The van der Waals surface area contributed by atoms with E-state index in [2.05, 4.69) is 55.2 Å². The summed E-state index contributed by atoms with van der Waals surface area (Å²) in [6, 6.07) is 8.56. The Bertz CT molecular complexity index is 541. The van der Waals surface area contributed by atoms with E-state index in [0.29, 0.717) is 0 Å². The van der Waals surface area contributed by atoms with E-state index in [-0.39, 0.29) is 6.04 Å². The summed E-state index contributed by atoms with van der Waals surface area (Å²) in [6.07, 6.45) is 2.57. The summed E-state index contributed by atoms with van der Waals surface area (Å²) in [4.78, 5) is 9.62. The first-order valence-electron chi connectivity index (χ1n) is 9.38. The predicted molar refractivity (Wildman–Crippen MR) is 105 cm³/mol. The number of ether oxygens (including phenoxy) is 1. The average molecular weight is 347 g/mol. The molecule has 0 amide bonds. The zero-order valence-corrected chi connectivity index (χ0v) is 16.5. The van der Waals surface area contributed by atoms with Crippen molar-refractivity contribution in [2.24, 2.45) is 10.9 Å². The molecule has 1 aliphatic heterocycles. The third kappa shape index (κ3) is 5.63. The zero-order valence-electron chi connectivity index (χ0n) is 16.5. The summed E-state index contributed by atoms with van der Waals surface area (Å²) in [5.74, 6) is 2.68. The molecule has 5 heteroatoms. The maximum atomic E-state index is 5.27. The Balaban J connectivity index is 2.13. The molecule has 1 saturated heterocycles. The maximum absolute atomic E-state index is 5.27. The molecule has 1 fully saturated rings. The van der Waals surface area contributed by atoms with Crippen molar-refractivity contribution >= 4 is 5.96 Å². The third-order valence-corrected chi connectivity index (χ3v) is 4.83. The van der Waals surface area contributed by atoms with Crippen LogP contribution in [0.4, 0.5) is 0 Å². The van der Waals surface area contributed by atoms with Gasteiger partial charge in [0.1, 0.15) is 5.75 Å². The molecule has 1 aromatic carbocycles. The van der Waals surface area contributed by atoms with Gasteiger partial charge in [0.25, 0.3) is 0 Å². The molecule has 2 atom stereocenters. The van der Waals surface area contributed by atoms with Crippen LogP contribution in [0.2, 0.25) is 0 Å². The minimum absolute atomic E-state index is 0.252. The first kappa shape index (κ1) is 19.6. The topological polar surface area (TPSA) is 40.1 Å². The SMILES string of the molecule is CCNC(=NCC(c1ccc(OC)cc1)N(C)C)N1CCCC(C)C1. The lowest BCUT2D eigenvalue weighted by molar-refractivity contribution is 0.263. The third-order valence-electron chi connectivity index (χ3n) is 4.83. The second kappa shape index (κ2) is 9.66. The van der Waals surface area contributed by atoms with Crippen molar-refractivity contribution in [1.82, 2.24) is 15.1 Å². The van der Waals surface area contributed by atoms with Crippen LogP contribution in [0.1, 0.15) is 38.3 Å². The summed E-state index contributed by atoms with van der Waals surface area (Å²) < 4.78 is 5.27. The van der Waals surface area contributed by atoms with E-state index in [9.17, 15) is 0 Å². The summed E-state index contributed by atoms with van der Waals surface area (Å²) >= 11 is 0. The zero-order chi connectivity index (χ0) is 18.2. The highest BCUT2D eigenvalue weighted by atomic mass is 16.5. The van der Waals surface area contributed by atoms with Crippen LogP contribution in [-0.4, -0.2) is 63.1 Å². The van der Waals surface area contributed by atoms with E-state index < -0.39 is 0 Å². The number of aliphatic imine (C=N–C) groups is 1. The van der Waals surface area contributed by atoms with Crippen LogP contribution >= 0.6 is 0 Å². The molecule has 2 rings (SSSR count). The number of nitrogens with one attached hydrogen (secondary N) is 1. The van der Waals surface area contributed by atoms with Gasteiger partial charge in [-0.1, -0.05) is 19.1 Å². The molecular formula is C20H34N4O. The molecule has 1 heterocycles. The standard InChI is InChI=1S/C20H34N4O/c1-6-21-20(24-13-7-8-16(2)15-24)22-14-19(23(3)4)17-9-11-18(25-5)12-10-17/h9-12,16,19H,6-8,13-15H2,1-5H3,(H,21,22). The molecule has 0 saturated carbocycles. The van der Waals surface area contributed by atoms with Crippen LogP contribution in [-0.2, 0) is 0 Å². The molecule has 2 unspecified atom stereocenters. The molecule has 140 valence electrons. The number of nitrogens with zero attached hydrogens (tertiary/aromatic N) is 3. The molecule has 1 N–H and O–H groups in total. The molecule has 0 spiro atoms. The first-order chi connectivity index (χ1) is 12.0. The number of piperidine rings is 1. The van der Waals surface area contributed by atoms with Gasteiger partial charge in [0, 0.05) is 19.6 Å². The number of guanidine groups is 1. The van der Waals surface area contributed by atoms with Crippen LogP contribution in [0, 0.1) is 5.92 Å². The van der Waals surface area contributed by atoms with Crippen LogP contribution in [0.3, 0.4) is 0 Å². The predicted octanol–water partition coefficient (Wildman–Crippen LogP) is 3.00. The summed E-state index contributed by atoms with van der Waals surface area (Å²) in [5.41, 5.74) is 1.26. The van der Waals surface area contributed by atoms with E-state index in [1.54, 1.807) is 7.11 Å². The fourth-order valence-electron chi connectivity index (χ4n) is 3.37. The molecule has 1 aliphatic rings. The monoisotopic (exact) mass is 346 g/mol. The van der Waals surface area contributed by atoms with E-state index in [1.807, 2.05) is 12.1 Å². The number of likely N-dealkylation sites (tertiary alicyclic amines) is 1.